The van der Waals surface area contributed by atoms with Crippen molar-refractivity contribution in [2.24, 2.45) is 5.92 Å². The first kappa shape index (κ1) is 20.3. The topological polar surface area (TPSA) is 83.6 Å². The van der Waals surface area contributed by atoms with E-state index in [-0.39, 0.29) is 35.8 Å². The molecule has 0 spiro atoms. The second-order valence-electron chi connectivity index (χ2n) is 7.12. The fourth-order valence-corrected chi connectivity index (χ4v) is 4.25. The van der Waals surface area contributed by atoms with Gasteiger partial charge in [-0.15, -0.1) is 0 Å². The Morgan fingerprint density at radius 2 is 1.75 bits per heavy atom. The lowest BCUT2D eigenvalue weighted by Crippen LogP contribution is -2.43. The van der Waals surface area contributed by atoms with Gasteiger partial charge in [-0.2, -0.15) is 0 Å². The molecule has 2 amide bonds. The zero-order valence-corrected chi connectivity index (χ0v) is 16.9. The summed E-state index contributed by atoms with van der Waals surface area (Å²) in [5.41, 5.74) is 0.686. The third-order valence-corrected chi connectivity index (χ3v) is 7.03. The fourth-order valence-electron chi connectivity index (χ4n) is 3.55. The Kier molecular flexibility index (Phi) is 6.34. The highest BCUT2D eigenvalue weighted by atomic mass is 32.2. The van der Waals surface area contributed by atoms with E-state index in [4.69, 9.17) is 0 Å². The second kappa shape index (κ2) is 8.73. The summed E-state index contributed by atoms with van der Waals surface area (Å²) < 4.78 is 23.0. The molecule has 1 saturated heterocycles. The summed E-state index contributed by atoms with van der Waals surface area (Å²) in [5.74, 6) is -0.264. The maximum atomic E-state index is 13.0. The van der Waals surface area contributed by atoms with Crippen LogP contribution in [0.25, 0.3) is 10.8 Å². The van der Waals surface area contributed by atoms with E-state index in [1.54, 1.807) is 11.8 Å². The van der Waals surface area contributed by atoms with E-state index >= 15 is 0 Å². The van der Waals surface area contributed by atoms with Crippen LogP contribution in [0.15, 0.2) is 42.5 Å². The number of sulfone groups is 1. The van der Waals surface area contributed by atoms with Crippen LogP contribution >= 0.6 is 0 Å². The summed E-state index contributed by atoms with van der Waals surface area (Å²) in [6.45, 7) is 2.78. The second-order valence-corrected chi connectivity index (χ2v) is 9.59. The average molecular weight is 403 g/mol. The smallest absolute Gasteiger partial charge is 0.254 e. The van der Waals surface area contributed by atoms with Crippen LogP contribution in [0.5, 0.6) is 0 Å². The Morgan fingerprint density at radius 1 is 1.07 bits per heavy atom. The summed E-state index contributed by atoms with van der Waals surface area (Å²) in [6, 6.07) is 13.5. The molecule has 28 heavy (non-hydrogen) atoms. The van der Waals surface area contributed by atoms with Crippen LogP contribution in [0.3, 0.4) is 0 Å². The maximum absolute atomic E-state index is 13.0. The minimum atomic E-state index is -3.08. The summed E-state index contributed by atoms with van der Waals surface area (Å²) >= 11 is 0. The van der Waals surface area contributed by atoms with E-state index in [2.05, 4.69) is 5.32 Å². The minimum absolute atomic E-state index is 0.00954. The molecule has 1 aliphatic heterocycles. The SMILES string of the molecule is CCS(=O)(=O)CCNC(=O)C1CCN(C(=O)c2cccc3ccccc23)CC1. The number of piperidine rings is 1. The van der Waals surface area contributed by atoms with Gasteiger partial charge in [0.2, 0.25) is 5.91 Å². The molecule has 0 unspecified atom stereocenters. The van der Waals surface area contributed by atoms with Crippen molar-refractivity contribution in [1.82, 2.24) is 10.2 Å². The number of likely N-dealkylation sites (tertiary alicyclic amines) is 1. The molecule has 2 aromatic rings. The maximum Gasteiger partial charge on any atom is 0.254 e. The van der Waals surface area contributed by atoms with E-state index in [0.29, 0.717) is 31.5 Å². The molecule has 2 aromatic carbocycles. The van der Waals surface area contributed by atoms with Gasteiger partial charge >= 0.3 is 0 Å². The predicted octanol–water partition coefficient (Wildman–Crippen LogP) is 2.24. The number of benzene rings is 2. The van der Waals surface area contributed by atoms with Crippen molar-refractivity contribution >= 4 is 32.4 Å². The number of hydrogen-bond acceptors (Lipinski definition) is 4. The Morgan fingerprint density at radius 3 is 2.46 bits per heavy atom. The lowest BCUT2D eigenvalue weighted by atomic mass is 9.95. The van der Waals surface area contributed by atoms with Crippen LogP contribution < -0.4 is 5.32 Å². The number of rotatable bonds is 6. The molecule has 6 nitrogen and oxygen atoms in total. The molecule has 0 radical (unpaired) electrons. The largest absolute Gasteiger partial charge is 0.355 e. The van der Waals surface area contributed by atoms with Crippen molar-refractivity contribution in [1.29, 1.82) is 0 Å². The molecule has 3 rings (SSSR count). The van der Waals surface area contributed by atoms with Gasteiger partial charge < -0.3 is 10.2 Å². The summed E-state index contributed by atoms with van der Waals surface area (Å²) in [5, 5.41) is 4.69. The van der Waals surface area contributed by atoms with Crippen molar-refractivity contribution < 1.29 is 18.0 Å². The highest BCUT2D eigenvalue weighted by Crippen LogP contribution is 2.23. The minimum Gasteiger partial charge on any atom is -0.355 e. The Labute approximate surface area is 165 Å². The van der Waals surface area contributed by atoms with Gasteiger partial charge in [-0.05, 0) is 29.7 Å². The Hall–Kier alpha value is -2.41. The molecule has 1 aliphatic rings. The molecule has 0 aromatic heterocycles. The van der Waals surface area contributed by atoms with E-state index in [1.807, 2.05) is 42.5 Å². The van der Waals surface area contributed by atoms with Crippen molar-refractivity contribution in [2.75, 3.05) is 31.1 Å². The van der Waals surface area contributed by atoms with Crippen molar-refractivity contribution in [3.8, 4) is 0 Å². The third kappa shape index (κ3) is 4.70. The molecule has 1 N–H and O–H groups in total. The van der Waals surface area contributed by atoms with Crippen LogP contribution in [-0.4, -0.2) is 56.3 Å². The lowest BCUT2D eigenvalue weighted by Gasteiger charge is -2.31. The fraction of sp³-hybridized carbons (Fsp3) is 0.429. The van der Waals surface area contributed by atoms with Gasteiger partial charge in [0.25, 0.3) is 5.91 Å². The van der Waals surface area contributed by atoms with E-state index in [9.17, 15) is 18.0 Å². The van der Waals surface area contributed by atoms with E-state index < -0.39 is 9.84 Å². The number of hydrogen-bond donors (Lipinski definition) is 1. The normalized spacial score (nSPS) is 15.5. The molecule has 0 bridgehead atoms. The van der Waals surface area contributed by atoms with Crippen molar-refractivity contribution in [3.63, 3.8) is 0 Å². The monoisotopic (exact) mass is 402 g/mol. The quantitative estimate of drug-likeness (QED) is 0.803. The standard InChI is InChI=1S/C21H26N2O4S/c1-2-28(26,27)15-12-22-20(24)17-10-13-23(14-11-17)21(25)19-9-5-7-16-6-3-4-8-18(16)19/h3-9,17H,2,10-15H2,1H3,(H,22,24). The van der Waals surface area contributed by atoms with Gasteiger partial charge in [0.05, 0.1) is 5.75 Å². The average Bonchev–Trinajstić information content (AvgIpc) is 2.72. The zero-order chi connectivity index (χ0) is 20.1. The van der Waals surface area contributed by atoms with Crippen LogP contribution in [0.4, 0.5) is 0 Å². The molecule has 0 atom stereocenters. The Bertz CT molecular complexity index is 958. The van der Waals surface area contributed by atoms with Gasteiger partial charge in [-0.3, -0.25) is 9.59 Å². The predicted molar refractivity (Wildman–Crippen MR) is 110 cm³/mol. The van der Waals surface area contributed by atoms with Gasteiger partial charge in [-0.25, -0.2) is 8.42 Å². The first-order chi connectivity index (χ1) is 13.4. The molecule has 7 heteroatoms. The first-order valence-electron chi connectivity index (χ1n) is 9.66. The molecule has 0 saturated carbocycles. The molecule has 0 aliphatic carbocycles. The third-order valence-electron chi connectivity index (χ3n) is 5.33. The summed E-state index contributed by atoms with van der Waals surface area (Å²) in [6.07, 6.45) is 1.17. The lowest BCUT2D eigenvalue weighted by molar-refractivity contribution is -0.126. The number of carbonyl (C=O) groups excluding carboxylic acids is 2. The summed E-state index contributed by atoms with van der Waals surface area (Å²) in [4.78, 5) is 27.0. The van der Waals surface area contributed by atoms with Gasteiger partial charge in [0.1, 0.15) is 0 Å². The van der Waals surface area contributed by atoms with Crippen LogP contribution in [0, 0.1) is 5.92 Å². The van der Waals surface area contributed by atoms with E-state index in [0.717, 1.165) is 10.8 Å². The number of fused-ring (bicyclic) bond motifs is 1. The van der Waals surface area contributed by atoms with Crippen LogP contribution in [0.2, 0.25) is 0 Å². The van der Waals surface area contributed by atoms with Crippen LogP contribution in [-0.2, 0) is 14.6 Å². The number of amides is 2. The van der Waals surface area contributed by atoms with Crippen LogP contribution in [0.1, 0.15) is 30.1 Å². The van der Waals surface area contributed by atoms with Gasteiger partial charge in [-0.1, -0.05) is 43.3 Å². The van der Waals surface area contributed by atoms with Gasteiger partial charge in [0.15, 0.2) is 9.84 Å². The highest BCUT2D eigenvalue weighted by molar-refractivity contribution is 7.91. The Balaban J connectivity index is 1.56. The number of nitrogens with one attached hydrogen (secondary N) is 1. The highest BCUT2D eigenvalue weighted by Gasteiger charge is 2.28. The van der Waals surface area contributed by atoms with Crippen molar-refractivity contribution in [3.05, 3.63) is 48.0 Å². The molecular weight excluding hydrogens is 376 g/mol. The molecule has 1 heterocycles. The molecular formula is C21H26N2O4S. The number of nitrogens with zero attached hydrogens (tertiary/aromatic N) is 1. The van der Waals surface area contributed by atoms with E-state index in [1.165, 1.54) is 0 Å². The first-order valence-corrected chi connectivity index (χ1v) is 11.5. The number of carbonyl (C=O) groups is 2. The summed E-state index contributed by atoms with van der Waals surface area (Å²) in [7, 11) is -3.08. The molecule has 1 fully saturated rings. The van der Waals surface area contributed by atoms with Crippen molar-refractivity contribution in [2.45, 2.75) is 19.8 Å². The molecule has 150 valence electrons. The van der Waals surface area contributed by atoms with Gasteiger partial charge in [0, 0.05) is 36.9 Å². The zero-order valence-electron chi connectivity index (χ0n) is 16.1.